The summed E-state index contributed by atoms with van der Waals surface area (Å²) in [6.45, 7) is 5.47. The highest BCUT2D eigenvalue weighted by atomic mass is 16.5. The van der Waals surface area contributed by atoms with Crippen LogP contribution in [0.25, 0.3) is 0 Å². The summed E-state index contributed by atoms with van der Waals surface area (Å²) < 4.78 is 7.67. The van der Waals surface area contributed by atoms with E-state index in [-0.39, 0.29) is 17.2 Å². The number of nitrogens with one attached hydrogen (secondary N) is 1. The largest absolute Gasteiger partial charge is 0.493 e. The number of nitrogens with zero attached hydrogens (tertiary/aromatic N) is 3. The maximum atomic E-state index is 13.0. The molecule has 4 rings (SSSR count). The zero-order chi connectivity index (χ0) is 22.4. The number of hydrogen-bond acceptors (Lipinski definition) is 4. The normalized spacial score (nSPS) is 19.7. The summed E-state index contributed by atoms with van der Waals surface area (Å²) in [6, 6.07) is 7.48. The summed E-state index contributed by atoms with van der Waals surface area (Å²) >= 11 is 0. The third-order valence-electron chi connectivity index (χ3n) is 6.93. The van der Waals surface area contributed by atoms with Crippen LogP contribution in [0.15, 0.2) is 36.7 Å². The number of rotatable bonds is 2. The van der Waals surface area contributed by atoms with E-state index in [0.29, 0.717) is 43.1 Å². The van der Waals surface area contributed by atoms with Crippen LogP contribution in [-0.4, -0.2) is 52.7 Å². The number of carbonyl (C=O) groups excluding carboxylic acids is 2. The van der Waals surface area contributed by atoms with Crippen LogP contribution in [0, 0.1) is 5.41 Å². The van der Waals surface area contributed by atoms with Gasteiger partial charge in [0.2, 0.25) is 0 Å². The van der Waals surface area contributed by atoms with Crippen molar-refractivity contribution in [2.75, 3.05) is 26.2 Å². The van der Waals surface area contributed by atoms with E-state index in [0.717, 1.165) is 45.1 Å². The molecule has 7 heteroatoms. The molecule has 1 fully saturated rings. The first kappa shape index (κ1) is 22.4. The minimum atomic E-state index is -0.0790. The highest BCUT2D eigenvalue weighted by Gasteiger charge is 2.36. The van der Waals surface area contributed by atoms with Gasteiger partial charge in [-0.1, -0.05) is 31.4 Å². The molecule has 2 aliphatic rings. The Morgan fingerprint density at radius 3 is 2.69 bits per heavy atom. The van der Waals surface area contributed by atoms with E-state index in [1.807, 2.05) is 42.3 Å². The molecule has 1 spiro atoms. The Hall–Kier alpha value is -2.83. The number of ether oxygens (including phenoxy) is 1. The Morgan fingerprint density at radius 2 is 1.91 bits per heavy atom. The SMILES string of the molecule is CCn1cc(C(=O)N2CCC3(CCCCCCOc4ccccc4C(=O)NC3)CC2)cn1. The Bertz CT molecular complexity index is 931. The molecule has 0 atom stereocenters. The summed E-state index contributed by atoms with van der Waals surface area (Å²) in [5, 5.41) is 7.43. The van der Waals surface area contributed by atoms with Gasteiger partial charge in [0.25, 0.3) is 11.8 Å². The highest BCUT2D eigenvalue weighted by Crippen LogP contribution is 2.37. The summed E-state index contributed by atoms with van der Waals surface area (Å²) in [5.74, 6) is 0.635. The quantitative estimate of drug-likeness (QED) is 0.772. The standard InChI is InChI=1S/C25H34N4O3/c1-2-29-18-20(17-27-29)24(31)28-14-12-25(13-15-28)11-7-3-4-8-16-32-22-10-6-5-9-21(22)23(30)26-19-25/h5-6,9-10,17-18H,2-4,7-8,11-16,19H2,1H3,(H,26,30). The first-order chi connectivity index (χ1) is 15.6. The molecule has 172 valence electrons. The lowest BCUT2D eigenvalue weighted by atomic mass is 9.74. The maximum absolute atomic E-state index is 13.0. The third kappa shape index (κ3) is 5.14. The number of aromatic nitrogens is 2. The van der Waals surface area contributed by atoms with Crippen LogP contribution in [0.2, 0.25) is 0 Å². The molecule has 1 aromatic heterocycles. The van der Waals surface area contributed by atoms with Crippen molar-refractivity contribution >= 4 is 11.8 Å². The molecule has 1 aromatic carbocycles. The van der Waals surface area contributed by atoms with E-state index in [1.54, 1.807) is 10.9 Å². The molecule has 0 radical (unpaired) electrons. The van der Waals surface area contributed by atoms with Gasteiger partial charge >= 0.3 is 0 Å². The van der Waals surface area contributed by atoms with Crippen LogP contribution < -0.4 is 10.1 Å². The van der Waals surface area contributed by atoms with Crippen LogP contribution >= 0.6 is 0 Å². The number of piperidine rings is 1. The van der Waals surface area contributed by atoms with Gasteiger partial charge in [-0.3, -0.25) is 14.3 Å². The molecule has 0 saturated carbocycles. The molecule has 2 aliphatic heterocycles. The highest BCUT2D eigenvalue weighted by molar-refractivity contribution is 5.97. The first-order valence-corrected chi connectivity index (χ1v) is 11.9. The van der Waals surface area contributed by atoms with Gasteiger partial charge in [0.1, 0.15) is 5.75 Å². The van der Waals surface area contributed by atoms with Gasteiger partial charge in [-0.15, -0.1) is 0 Å². The monoisotopic (exact) mass is 438 g/mol. The van der Waals surface area contributed by atoms with Crippen molar-refractivity contribution in [1.29, 1.82) is 0 Å². The molecule has 0 aliphatic carbocycles. The predicted octanol–water partition coefficient (Wildman–Crippen LogP) is 3.90. The Balaban J connectivity index is 1.44. The smallest absolute Gasteiger partial charge is 0.257 e. The van der Waals surface area contributed by atoms with Crippen molar-refractivity contribution < 1.29 is 14.3 Å². The number of benzene rings is 1. The number of para-hydroxylation sites is 1. The van der Waals surface area contributed by atoms with Crippen molar-refractivity contribution in [1.82, 2.24) is 20.0 Å². The molecule has 3 heterocycles. The van der Waals surface area contributed by atoms with Crippen LogP contribution in [0.1, 0.15) is 72.6 Å². The van der Waals surface area contributed by atoms with Gasteiger partial charge in [0, 0.05) is 32.4 Å². The van der Waals surface area contributed by atoms with Crippen molar-refractivity contribution in [3.05, 3.63) is 47.8 Å². The van der Waals surface area contributed by atoms with E-state index < -0.39 is 0 Å². The average Bonchev–Trinajstić information content (AvgIpc) is 3.31. The average molecular weight is 439 g/mol. The lowest BCUT2D eigenvalue weighted by molar-refractivity contribution is 0.0536. The molecule has 32 heavy (non-hydrogen) atoms. The van der Waals surface area contributed by atoms with Gasteiger partial charge < -0.3 is 15.0 Å². The van der Waals surface area contributed by atoms with Gasteiger partial charge in [-0.25, -0.2) is 0 Å². The fourth-order valence-electron chi connectivity index (χ4n) is 4.81. The van der Waals surface area contributed by atoms with Crippen LogP contribution in [0.5, 0.6) is 5.75 Å². The Labute approximate surface area is 190 Å². The van der Waals surface area contributed by atoms with E-state index in [2.05, 4.69) is 10.4 Å². The molecule has 1 saturated heterocycles. The molecule has 2 aromatic rings. The second-order valence-electron chi connectivity index (χ2n) is 9.07. The van der Waals surface area contributed by atoms with Gasteiger partial charge in [0.05, 0.1) is 23.9 Å². The zero-order valence-electron chi connectivity index (χ0n) is 19.0. The summed E-state index contributed by atoms with van der Waals surface area (Å²) in [7, 11) is 0. The lowest BCUT2D eigenvalue weighted by Crippen LogP contribution is -2.48. The Kier molecular flexibility index (Phi) is 7.12. The van der Waals surface area contributed by atoms with E-state index >= 15 is 0 Å². The van der Waals surface area contributed by atoms with Gasteiger partial charge in [-0.05, 0) is 50.2 Å². The summed E-state index contributed by atoms with van der Waals surface area (Å²) in [5.41, 5.74) is 1.29. The second kappa shape index (κ2) is 10.2. The van der Waals surface area contributed by atoms with Crippen molar-refractivity contribution in [2.24, 2.45) is 5.41 Å². The van der Waals surface area contributed by atoms with Crippen LogP contribution in [0.4, 0.5) is 0 Å². The zero-order valence-corrected chi connectivity index (χ0v) is 19.0. The van der Waals surface area contributed by atoms with Crippen molar-refractivity contribution in [2.45, 2.75) is 58.4 Å². The maximum Gasteiger partial charge on any atom is 0.257 e. The molecular weight excluding hydrogens is 404 g/mol. The molecule has 7 nitrogen and oxygen atoms in total. The van der Waals surface area contributed by atoms with E-state index in [1.165, 1.54) is 6.42 Å². The number of carbonyl (C=O) groups is 2. The van der Waals surface area contributed by atoms with Crippen molar-refractivity contribution in [3.8, 4) is 5.75 Å². The van der Waals surface area contributed by atoms with Crippen molar-refractivity contribution in [3.63, 3.8) is 0 Å². The second-order valence-corrected chi connectivity index (χ2v) is 9.07. The lowest BCUT2D eigenvalue weighted by Gasteiger charge is -2.42. The minimum absolute atomic E-state index is 0.0316. The number of aryl methyl sites for hydroxylation is 1. The molecule has 0 bridgehead atoms. The number of amides is 2. The van der Waals surface area contributed by atoms with Crippen LogP contribution in [0.3, 0.4) is 0 Å². The molecule has 1 N–H and O–H groups in total. The molecular formula is C25H34N4O3. The van der Waals surface area contributed by atoms with Gasteiger partial charge in [-0.2, -0.15) is 5.10 Å². The fraction of sp³-hybridized carbons (Fsp3) is 0.560. The first-order valence-electron chi connectivity index (χ1n) is 11.9. The van der Waals surface area contributed by atoms with Gasteiger partial charge in [0.15, 0.2) is 0 Å². The predicted molar refractivity (Wildman–Crippen MR) is 123 cm³/mol. The molecule has 2 amide bonds. The number of fused-ring (bicyclic) bond motifs is 1. The third-order valence-corrected chi connectivity index (χ3v) is 6.93. The fourth-order valence-corrected chi connectivity index (χ4v) is 4.81. The Morgan fingerprint density at radius 1 is 1.12 bits per heavy atom. The van der Waals surface area contributed by atoms with Crippen LogP contribution in [-0.2, 0) is 6.54 Å². The summed E-state index contributed by atoms with van der Waals surface area (Å²) in [6.07, 6.45) is 10.8. The topological polar surface area (TPSA) is 76.5 Å². The number of likely N-dealkylation sites (tertiary alicyclic amines) is 1. The van der Waals surface area contributed by atoms with E-state index in [4.69, 9.17) is 4.74 Å². The minimum Gasteiger partial charge on any atom is -0.493 e. The summed E-state index contributed by atoms with van der Waals surface area (Å²) in [4.78, 5) is 27.8. The number of hydrogen-bond donors (Lipinski definition) is 1. The van der Waals surface area contributed by atoms with E-state index in [9.17, 15) is 9.59 Å². The molecule has 0 unspecified atom stereocenters.